The van der Waals surface area contributed by atoms with Crippen molar-refractivity contribution < 1.29 is 9.18 Å². The zero-order chi connectivity index (χ0) is 21.7. The van der Waals surface area contributed by atoms with Gasteiger partial charge in [0.1, 0.15) is 5.82 Å². The van der Waals surface area contributed by atoms with Gasteiger partial charge >= 0.3 is 0 Å². The molecule has 0 bridgehead atoms. The van der Waals surface area contributed by atoms with Crippen molar-refractivity contribution in [3.63, 3.8) is 0 Å². The minimum atomic E-state index is -0.289. The fourth-order valence-corrected chi connectivity index (χ4v) is 3.83. The number of nitrogens with zero attached hydrogens (tertiary/aromatic N) is 3. The minimum Gasteiger partial charge on any atom is -0.351 e. The number of halogens is 1. The van der Waals surface area contributed by atoms with Crippen molar-refractivity contribution in [3.8, 4) is 11.4 Å². The number of hydrogen-bond acceptors (Lipinski definition) is 4. The van der Waals surface area contributed by atoms with Crippen molar-refractivity contribution in [2.24, 2.45) is 0 Å². The van der Waals surface area contributed by atoms with Gasteiger partial charge in [0.2, 0.25) is 5.91 Å². The Kier molecular flexibility index (Phi) is 6.92. The Balaban J connectivity index is 1.62. The van der Waals surface area contributed by atoms with Gasteiger partial charge in [-0.25, -0.2) is 4.39 Å². The van der Waals surface area contributed by atoms with E-state index in [-0.39, 0.29) is 22.9 Å². The molecular weight excluding hydrogens is 399 g/mol. The number of aromatic nitrogens is 3. The van der Waals surface area contributed by atoms with Gasteiger partial charge in [-0.1, -0.05) is 68.9 Å². The molecule has 0 radical (unpaired) electrons. The first-order valence-electron chi connectivity index (χ1n) is 9.96. The molecule has 1 N–H and O–H groups in total. The summed E-state index contributed by atoms with van der Waals surface area (Å²) in [5, 5.41) is 12.2. The summed E-state index contributed by atoms with van der Waals surface area (Å²) in [6, 6.07) is 14.5. The van der Waals surface area contributed by atoms with Crippen LogP contribution in [0.3, 0.4) is 0 Å². The zero-order valence-electron chi connectivity index (χ0n) is 17.8. The van der Waals surface area contributed by atoms with Crippen LogP contribution in [0.25, 0.3) is 11.4 Å². The second kappa shape index (κ2) is 9.43. The average Bonchev–Trinajstić information content (AvgIpc) is 3.14. The molecule has 0 spiro atoms. The van der Waals surface area contributed by atoms with Crippen LogP contribution in [0.4, 0.5) is 4.39 Å². The van der Waals surface area contributed by atoms with E-state index >= 15 is 0 Å². The van der Waals surface area contributed by atoms with Crippen molar-refractivity contribution in [1.82, 2.24) is 20.1 Å². The maximum Gasteiger partial charge on any atom is 0.230 e. The van der Waals surface area contributed by atoms with Gasteiger partial charge in [0.25, 0.3) is 0 Å². The minimum absolute atomic E-state index is 0.0965. The molecule has 3 rings (SSSR count). The Hall–Kier alpha value is -2.67. The summed E-state index contributed by atoms with van der Waals surface area (Å²) < 4.78 is 15.0. The van der Waals surface area contributed by atoms with Crippen LogP contribution in [0.1, 0.15) is 38.8 Å². The number of hydrogen-bond donors (Lipinski definition) is 1. The molecule has 7 heteroatoms. The first kappa shape index (κ1) is 22.0. The van der Waals surface area contributed by atoms with Crippen molar-refractivity contribution in [3.05, 3.63) is 65.5 Å². The van der Waals surface area contributed by atoms with Gasteiger partial charge < -0.3 is 9.88 Å². The second-order valence-electron chi connectivity index (χ2n) is 8.07. The van der Waals surface area contributed by atoms with Crippen molar-refractivity contribution in [2.75, 3.05) is 5.75 Å². The summed E-state index contributed by atoms with van der Waals surface area (Å²) in [5.41, 5.74) is 3.22. The molecule has 1 aromatic heterocycles. The molecule has 1 amide bonds. The van der Waals surface area contributed by atoms with Crippen molar-refractivity contribution in [1.29, 1.82) is 0 Å². The van der Waals surface area contributed by atoms with Crippen LogP contribution in [-0.4, -0.2) is 26.4 Å². The average molecular weight is 427 g/mol. The molecule has 0 saturated heterocycles. The third kappa shape index (κ3) is 5.48. The van der Waals surface area contributed by atoms with Gasteiger partial charge in [0.15, 0.2) is 11.0 Å². The third-order valence-electron chi connectivity index (χ3n) is 4.78. The Morgan fingerprint density at radius 3 is 2.33 bits per heavy atom. The Labute approximate surface area is 181 Å². The summed E-state index contributed by atoms with van der Waals surface area (Å²) in [6.07, 6.45) is 0. The summed E-state index contributed by atoms with van der Waals surface area (Å²) in [4.78, 5) is 12.2. The van der Waals surface area contributed by atoms with Gasteiger partial charge in [-0.15, -0.1) is 10.2 Å². The van der Waals surface area contributed by atoms with E-state index in [9.17, 15) is 9.18 Å². The fraction of sp³-hybridized carbons (Fsp3) is 0.348. The molecule has 0 aliphatic rings. The molecule has 0 aliphatic carbocycles. The van der Waals surface area contributed by atoms with E-state index in [1.54, 1.807) is 12.1 Å². The second-order valence-corrected chi connectivity index (χ2v) is 9.01. The molecule has 3 aromatic rings. The topological polar surface area (TPSA) is 59.8 Å². The summed E-state index contributed by atoms with van der Waals surface area (Å²) in [6.45, 7) is 9.68. The SMILES string of the molecule is CCn1c(SCC(=O)NCc2ccc(F)cc2)nnc1-c1ccc(C(C)(C)C)cc1. The smallest absolute Gasteiger partial charge is 0.230 e. The summed E-state index contributed by atoms with van der Waals surface area (Å²) in [7, 11) is 0. The molecule has 158 valence electrons. The van der Waals surface area contributed by atoms with E-state index in [1.807, 2.05) is 11.5 Å². The largest absolute Gasteiger partial charge is 0.351 e. The third-order valence-corrected chi connectivity index (χ3v) is 5.74. The molecule has 0 aliphatic heterocycles. The highest BCUT2D eigenvalue weighted by molar-refractivity contribution is 7.99. The number of carbonyl (C=O) groups is 1. The molecule has 30 heavy (non-hydrogen) atoms. The Morgan fingerprint density at radius 1 is 1.07 bits per heavy atom. The van der Waals surface area contributed by atoms with E-state index in [1.165, 1.54) is 29.5 Å². The Morgan fingerprint density at radius 2 is 1.73 bits per heavy atom. The molecule has 0 unspecified atom stereocenters. The summed E-state index contributed by atoms with van der Waals surface area (Å²) >= 11 is 1.36. The van der Waals surface area contributed by atoms with Crippen LogP contribution in [0, 0.1) is 5.82 Å². The molecule has 0 atom stereocenters. The number of carbonyl (C=O) groups excluding carboxylic acids is 1. The number of amides is 1. The van der Waals surface area contributed by atoms with Gasteiger partial charge in [-0.2, -0.15) is 0 Å². The number of nitrogens with one attached hydrogen (secondary N) is 1. The lowest BCUT2D eigenvalue weighted by atomic mass is 9.87. The first-order valence-corrected chi connectivity index (χ1v) is 10.9. The molecule has 5 nitrogen and oxygen atoms in total. The molecule has 0 fully saturated rings. The van der Waals surface area contributed by atoms with Crippen molar-refractivity contribution >= 4 is 17.7 Å². The van der Waals surface area contributed by atoms with Gasteiger partial charge in [0.05, 0.1) is 5.75 Å². The predicted molar refractivity (Wildman–Crippen MR) is 119 cm³/mol. The lowest BCUT2D eigenvalue weighted by Gasteiger charge is -2.19. The predicted octanol–water partition coefficient (Wildman–Crippen LogP) is 4.81. The normalized spacial score (nSPS) is 11.5. The molecule has 0 saturated carbocycles. The van der Waals surface area contributed by atoms with Crippen LogP contribution < -0.4 is 5.32 Å². The van der Waals surface area contributed by atoms with E-state index in [0.29, 0.717) is 18.2 Å². The summed E-state index contributed by atoms with van der Waals surface area (Å²) in [5.74, 6) is 0.643. The fourth-order valence-electron chi connectivity index (χ4n) is 3.00. The monoisotopic (exact) mass is 426 g/mol. The van der Waals surface area contributed by atoms with Crippen LogP contribution >= 0.6 is 11.8 Å². The molecule has 2 aromatic carbocycles. The standard InChI is InChI=1S/C23H27FN4OS/c1-5-28-21(17-8-10-18(11-9-17)23(2,3)4)26-27-22(28)30-15-20(29)25-14-16-6-12-19(24)13-7-16/h6-13H,5,14-15H2,1-4H3,(H,25,29). The van der Waals surface area contributed by atoms with Crippen molar-refractivity contribution in [2.45, 2.75) is 51.4 Å². The van der Waals surface area contributed by atoms with Gasteiger partial charge in [-0.3, -0.25) is 4.79 Å². The lowest BCUT2D eigenvalue weighted by molar-refractivity contribution is -0.118. The number of thioether (sulfide) groups is 1. The molecular formula is C23H27FN4OS. The van der Waals surface area contributed by atoms with E-state index < -0.39 is 0 Å². The molecule has 1 heterocycles. The maximum absolute atomic E-state index is 13.0. The highest BCUT2D eigenvalue weighted by Crippen LogP contribution is 2.27. The lowest BCUT2D eigenvalue weighted by Crippen LogP contribution is -2.24. The van der Waals surface area contributed by atoms with Crippen LogP contribution in [0.5, 0.6) is 0 Å². The van der Waals surface area contributed by atoms with E-state index in [2.05, 4.69) is 60.6 Å². The van der Waals surface area contributed by atoms with E-state index in [4.69, 9.17) is 0 Å². The van der Waals surface area contributed by atoms with Gasteiger partial charge in [0, 0.05) is 18.7 Å². The van der Waals surface area contributed by atoms with E-state index in [0.717, 1.165) is 17.0 Å². The number of benzene rings is 2. The quantitative estimate of drug-likeness (QED) is 0.551. The zero-order valence-corrected chi connectivity index (χ0v) is 18.6. The maximum atomic E-state index is 13.0. The first-order chi connectivity index (χ1) is 14.3. The van der Waals surface area contributed by atoms with Crippen LogP contribution in [0.2, 0.25) is 0 Å². The number of rotatable bonds is 7. The van der Waals surface area contributed by atoms with Crippen LogP contribution in [-0.2, 0) is 23.3 Å². The highest BCUT2D eigenvalue weighted by atomic mass is 32.2. The highest BCUT2D eigenvalue weighted by Gasteiger charge is 2.17. The van der Waals surface area contributed by atoms with Gasteiger partial charge in [-0.05, 0) is 35.6 Å². The Bertz CT molecular complexity index is 992. The van der Waals surface area contributed by atoms with Crippen LogP contribution in [0.15, 0.2) is 53.7 Å².